The monoisotopic (exact) mass is 258 g/mol. The molecular formula is C11H12FN2OV-. The SMILES string of the molecule is C[C-]=C(F)/C(=C\[CH]=[V])C1=NCCN(C)C1=O. The molecule has 1 heterocycles. The van der Waals surface area contributed by atoms with Crippen molar-refractivity contribution in [2.24, 2.45) is 4.99 Å². The number of halogens is 1. The van der Waals surface area contributed by atoms with E-state index in [0.29, 0.717) is 13.1 Å². The van der Waals surface area contributed by atoms with Crippen molar-refractivity contribution in [1.82, 2.24) is 4.90 Å². The van der Waals surface area contributed by atoms with E-state index in [4.69, 9.17) is 0 Å². The van der Waals surface area contributed by atoms with Crippen molar-refractivity contribution in [3.63, 3.8) is 0 Å². The van der Waals surface area contributed by atoms with Gasteiger partial charge in [0.15, 0.2) is 0 Å². The van der Waals surface area contributed by atoms with Crippen molar-refractivity contribution in [1.29, 1.82) is 0 Å². The van der Waals surface area contributed by atoms with Gasteiger partial charge in [-0.1, -0.05) is 0 Å². The first-order valence-corrected chi connectivity index (χ1v) is 5.61. The zero-order valence-corrected chi connectivity index (χ0v) is 10.6. The molecule has 0 N–H and O–H groups in total. The van der Waals surface area contributed by atoms with Crippen LogP contribution in [0, 0.1) is 6.08 Å². The molecule has 1 rings (SSSR count). The van der Waals surface area contributed by atoms with Crippen LogP contribution in [0.25, 0.3) is 0 Å². The van der Waals surface area contributed by atoms with E-state index in [1.165, 1.54) is 17.9 Å². The Kier molecular flexibility index (Phi) is 4.83. The number of carbonyl (C=O) groups is 1. The third-order valence-electron chi connectivity index (χ3n) is 2.21. The van der Waals surface area contributed by atoms with Gasteiger partial charge in [-0.05, 0) is 0 Å². The van der Waals surface area contributed by atoms with Gasteiger partial charge >= 0.3 is 103 Å². The van der Waals surface area contributed by atoms with Crippen molar-refractivity contribution in [2.75, 3.05) is 20.1 Å². The van der Waals surface area contributed by atoms with Crippen LogP contribution in [0.1, 0.15) is 6.92 Å². The Hall–Kier alpha value is -0.996. The molecule has 0 bridgehead atoms. The molecule has 0 atom stereocenters. The predicted octanol–water partition coefficient (Wildman–Crippen LogP) is 0.851. The molecule has 85 valence electrons. The van der Waals surface area contributed by atoms with Crippen molar-refractivity contribution in [3.8, 4) is 0 Å². The maximum absolute atomic E-state index is 13.5. The molecule has 0 fully saturated rings. The summed E-state index contributed by atoms with van der Waals surface area (Å²) in [6.45, 7) is 2.54. The molecule has 1 aliphatic heterocycles. The molecule has 0 saturated carbocycles. The van der Waals surface area contributed by atoms with Crippen LogP contribution in [0.3, 0.4) is 0 Å². The van der Waals surface area contributed by atoms with Gasteiger partial charge in [-0.25, -0.2) is 0 Å². The van der Waals surface area contributed by atoms with Crippen LogP contribution in [0.5, 0.6) is 0 Å². The van der Waals surface area contributed by atoms with Crippen LogP contribution < -0.4 is 0 Å². The quantitative estimate of drug-likeness (QED) is 0.545. The first-order valence-electron chi connectivity index (χ1n) is 4.80. The Labute approximate surface area is 103 Å². The van der Waals surface area contributed by atoms with E-state index in [9.17, 15) is 9.18 Å². The summed E-state index contributed by atoms with van der Waals surface area (Å²) in [4.78, 5) is 17.4. The van der Waals surface area contributed by atoms with E-state index in [1.54, 1.807) is 11.8 Å². The summed E-state index contributed by atoms with van der Waals surface area (Å²) >= 11 is 2.20. The first kappa shape index (κ1) is 13.1. The first-order chi connectivity index (χ1) is 7.61. The number of nitrogens with zero attached hydrogens (tertiary/aromatic N) is 2. The second-order valence-electron chi connectivity index (χ2n) is 3.25. The Bertz CT molecular complexity index is 399. The number of allylic oxidation sites excluding steroid dienone is 3. The molecule has 0 aromatic carbocycles. The second kappa shape index (κ2) is 5.92. The van der Waals surface area contributed by atoms with Gasteiger partial charge < -0.3 is 0 Å². The average Bonchev–Trinajstić information content (AvgIpc) is 2.29. The van der Waals surface area contributed by atoms with E-state index < -0.39 is 5.83 Å². The minimum absolute atomic E-state index is 0.169. The van der Waals surface area contributed by atoms with Crippen LogP contribution >= 0.6 is 0 Å². The maximum atomic E-state index is 13.5. The fraction of sp³-hybridized carbons (Fsp3) is 0.364. The molecule has 0 radical (unpaired) electrons. The summed E-state index contributed by atoms with van der Waals surface area (Å²) in [7, 11) is 1.68. The van der Waals surface area contributed by atoms with Crippen molar-refractivity contribution < 1.29 is 26.2 Å². The Morgan fingerprint density at radius 2 is 2.38 bits per heavy atom. The molecule has 0 spiro atoms. The number of likely N-dealkylation sites (N-methyl/N-ethyl adjacent to an activating group) is 1. The molecule has 1 amide bonds. The number of aliphatic imine (C=N–C) groups is 1. The normalized spacial score (nSPS) is 18.5. The second-order valence-corrected chi connectivity index (χ2v) is 3.72. The molecule has 0 unspecified atom stereocenters. The van der Waals surface area contributed by atoms with E-state index >= 15 is 0 Å². The summed E-state index contributed by atoms with van der Waals surface area (Å²) in [5.41, 5.74) is 0.363. The number of rotatable bonds is 3. The van der Waals surface area contributed by atoms with Crippen LogP contribution in [0.4, 0.5) is 4.39 Å². The molecule has 0 aliphatic carbocycles. The van der Waals surface area contributed by atoms with Crippen molar-refractivity contribution in [3.05, 3.63) is 23.6 Å². The van der Waals surface area contributed by atoms with Crippen LogP contribution in [0.15, 0.2) is 22.5 Å². The van der Waals surface area contributed by atoms with Crippen molar-refractivity contribution >= 4 is 16.3 Å². The third-order valence-corrected chi connectivity index (χ3v) is 2.44. The van der Waals surface area contributed by atoms with E-state index in [1.807, 2.05) is 0 Å². The fourth-order valence-electron chi connectivity index (χ4n) is 1.33. The van der Waals surface area contributed by atoms with Gasteiger partial charge in [0.05, 0.1) is 0 Å². The predicted molar refractivity (Wildman–Crippen MR) is 57.6 cm³/mol. The van der Waals surface area contributed by atoms with Crippen LogP contribution in [-0.2, 0) is 21.8 Å². The number of hydrogen-bond acceptors (Lipinski definition) is 2. The molecule has 1 aliphatic rings. The minimum atomic E-state index is -0.551. The van der Waals surface area contributed by atoms with Crippen molar-refractivity contribution in [2.45, 2.75) is 6.92 Å². The van der Waals surface area contributed by atoms with Gasteiger partial charge in [0, 0.05) is 0 Å². The van der Waals surface area contributed by atoms with Gasteiger partial charge in [0.1, 0.15) is 0 Å². The number of amides is 1. The summed E-state index contributed by atoms with van der Waals surface area (Å²) < 4.78 is 15.1. The van der Waals surface area contributed by atoms with E-state index in [-0.39, 0.29) is 17.2 Å². The average molecular weight is 258 g/mol. The Balaban J connectivity index is 3.14. The van der Waals surface area contributed by atoms with Crippen LogP contribution in [-0.4, -0.2) is 41.4 Å². The summed E-state index contributed by atoms with van der Waals surface area (Å²) in [6.07, 6.45) is 3.90. The number of carbonyl (C=O) groups excluding carboxylic acids is 1. The van der Waals surface area contributed by atoms with Gasteiger partial charge in [0.25, 0.3) is 0 Å². The molecular weight excluding hydrogens is 246 g/mol. The summed E-state index contributed by atoms with van der Waals surface area (Å²) in [5, 5.41) is 0. The van der Waals surface area contributed by atoms with Gasteiger partial charge in [0.2, 0.25) is 0 Å². The molecule has 0 aromatic rings. The Morgan fingerprint density at radius 3 is 2.94 bits per heavy atom. The Morgan fingerprint density at radius 1 is 1.69 bits per heavy atom. The van der Waals surface area contributed by atoms with E-state index in [2.05, 4.69) is 28.0 Å². The zero-order valence-electron chi connectivity index (χ0n) is 9.20. The summed E-state index contributed by atoms with van der Waals surface area (Å²) in [6, 6.07) is 0. The van der Waals surface area contributed by atoms with E-state index in [0.717, 1.165) is 0 Å². The molecule has 5 heteroatoms. The molecule has 3 nitrogen and oxygen atoms in total. The standard InChI is InChI=1S/C11H12FN2O.V/c1-4-8(9(12)5-2)10-11(15)14(3)7-6-13-10;/h1,4H,6-7H2,2-3H3;/q-1;/b8-4+;. The number of hydrogen-bond donors (Lipinski definition) is 0. The third kappa shape index (κ3) is 2.77. The van der Waals surface area contributed by atoms with Gasteiger partial charge in [-0.15, -0.1) is 0 Å². The zero-order chi connectivity index (χ0) is 12.1. The van der Waals surface area contributed by atoms with Crippen LogP contribution in [0.2, 0.25) is 0 Å². The fourth-order valence-corrected chi connectivity index (χ4v) is 1.56. The summed E-state index contributed by atoms with van der Waals surface area (Å²) in [5.74, 6) is -0.804. The van der Waals surface area contributed by atoms with Gasteiger partial charge in [-0.3, -0.25) is 0 Å². The van der Waals surface area contributed by atoms with Gasteiger partial charge in [-0.2, -0.15) is 0 Å². The molecule has 16 heavy (non-hydrogen) atoms. The molecule has 0 aromatic heterocycles. The molecule has 0 saturated heterocycles. The topological polar surface area (TPSA) is 32.7 Å².